The number of sulfonamides is 1. The Bertz CT molecular complexity index is 1170. The quantitative estimate of drug-likeness (QED) is 0.465. The number of nitrogens with zero attached hydrogens (tertiary/aromatic N) is 2. The highest BCUT2D eigenvalue weighted by Gasteiger charge is 2.31. The number of benzene rings is 2. The molecular formula is C25H31BrClN3O4S. The smallest absolute Gasteiger partial charge is 0.244 e. The molecule has 2 aromatic rings. The highest BCUT2D eigenvalue weighted by Crippen LogP contribution is 2.28. The van der Waals surface area contributed by atoms with Crippen molar-refractivity contribution in [2.45, 2.75) is 58.2 Å². The number of nitrogens with one attached hydrogen (secondary N) is 1. The lowest BCUT2D eigenvalue weighted by atomic mass is 10.1. The molecule has 0 aliphatic heterocycles. The maximum absolute atomic E-state index is 13.6. The van der Waals surface area contributed by atoms with Crippen molar-refractivity contribution in [3.05, 3.63) is 63.1 Å². The van der Waals surface area contributed by atoms with Crippen LogP contribution in [-0.2, 0) is 26.2 Å². The first-order valence-electron chi connectivity index (χ1n) is 11.5. The van der Waals surface area contributed by atoms with Crippen LogP contribution in [0.15, 0.2) is 46.9 Å². The molecule has 1 fully saturated rings. The van der Waals surface area contributed by atoms with E-state index < -0.39 is 28.5 Å². The zero-order valence-corrected chi connectivity index (χ0v) is 23.3. The van der Waals surface area contributed by atoms with Crippen LogP contribution >= 0.6 is 27.5 Å². The molecule has 0 spiro atoms. The van der Waals surface area contributed by atoms with Crippen molar-refractivity contribution in [1.29, 1.82) is 0 Å². The lowest BCUT2D eigenvalue weighted by Crippen LogP contribution is -2.52. The van der Waals surface area contributed by atoms with Gasteiger partial charge in [-0.25, -0.2) is 8.42 Å². The van der Waals surface area contributed by atoms with Crippen molar-refractivity contribution in [3.63, 3.8) is 0 Å². The zero-order valence-electron chi connectivity index (χ0n) is 20.1. The Morgan fingerprint density at radius 2 is 1.77 bits per heavy atom. The zero-order chi connectivity index (χ0) is 25.8. The number of halogens is 2. The van der Waals surface area contributed by atoms with Crippen LogP contribution in [0.1, 0.15) is 43.7 Å². The lowest BCUT2D eigenvalue weighted by molar-refractivity contribution is -0.139. The van der Waals surface area contributed by atoms with E-state index in [1.807, 2.05) is 24.3 Å². The Labute approximate surface area is 221 Å². The maximum atomic E-state index is 13.6. The van der Waals surface area contributed by atoms with E-state index in [0.717, 1.165) is 46.3 Å². The van der Waals surface area contributed by atoms with Crippen LogP contribution in [-0.4, -0.2) is 50.0 Å². The van der Waals surface area contributed by atoms with E-state index in [1.54, 1.807) is 32.0 Å². The summed E-state index contributed by atoms with van der Waals surface area (Å²) in [5.74, 6) is -0.723. The summed E-state index contributed by atoms with van der Waals surface area (Å²) in [6.07, 6.45) is 5.05. The summed E-state index contributed by atoms with van der Waals surface area (Å²) in [5.41, 5.74) is 1.71. The SMILES string of the molecule is Cc1c(Cl)cccc1N(CC(=O)N(Cc1ccc(Br)cc1)[C@H](C)C(=O)NC1CCCC1)S(C)(=O)=O. The van der Waals surface area contributed by atoms with Gasteiger partial charge >= 0.3 is 0 Å². The monoisotopic (exact) mass is 583 g/mol. The average Bonchev–Trinajstić information content (AvgIpc) is 3.31. The van der Waals surface area contributed by atoms with Crippen molar-refractivity contribution in [1.82, 2.24) is 10.2 Å². The lowest BCUT2D eigenvalue weighted by Gasteiger charge is -2.32. The summed E-state index contributed by atoms with van der Waals surface area (Å²) in [4.78, 5) is 28.1. The first-order valence-corrected chi connectivity index (χ1v) is 14.6. The number of carbonyl (C=O) groups is 2. The molecule has 0 bridgehead atoms. The fraction of sp³-hybridized carbons (Fsp3) is 0.440. The van der Waals surface area contributed by atoms with Crippen molar-refractivity contribution >= 4 is 55.1 Å². The molecule has 2 aromatic carbocycles. The third-order valence-corrected chi connectivity index (χ3v) is 8.39. The highest BCUT2D eigenvalue weighted by molar-refractivity contribution is 9.10. The number of carbonyl (C=O) groups excluding carboxylic acids is 2. The largest absolute Gasteiger partial charge is 0.352 e. The first-order chi connectivity index (χ1) is 16.5. The van der Waals surface area contributed by atoms with Gasteiger partial charge in [-0.15, -0.1) is 0 Å². The molecular weight excluding hydrogens is 554 g/mol. The van der Waals surface area contributed by atoms with E-state index in [9.17, 15) is 18.0 Å². The van der Waals surface area contributed by atoms with E-state index in [4.69, 9.17) is 11.6 Å². The molecule has 35 heavy (non-hydrogen) atoms. The van der Waals surface area contributed by atoms with E-state index in [0.29, 0.717) is 16.3 Å². The molecule has 0 radical (unpaired) electrons. The minimum absolute atomic E-state index is 0.108. The molecule has 1 N–H and O–H groups in total. The Morgan fingerprint density at radius 1 is 1.14 bits per heavy atom. The summed E-state index contributed by atoms with van der Waals surface area (Å²) in [7, 11) is -3.81. The van der Waals surface area contributed by atoms with Crippen LogP contribution in [0.25, 0.3) is 0 Å². The van der Waals surface area contributed by atoms with Crippen LogP contribution in [0.2, 0.25) is 5.02 Å². The molecule has 10 heteroatoms. The van der Waals surface area contributed by atoms with Gasteiger partial charge in [-0.1, -0.05) is 58.6 Å². The summed E-state index contributed by atoms with van der Waals surface area (Å²) < 4.78 is 27.4. The summed E-state index contributed by atoms with van der Waals surface area (Å²) >= 11 is 9.63. The molecule has 2 amide bonds. The second-order valence-electron chi connectivity index (χ2n) is 8.97. The van der Waals surface area contributed by atoms with E-state index >= 15 is 0 Å². The van der Waals surface area contributed by atoms with Gasteiger partial charge in [-0.2, -0.15) is 0 Å². The van der Waals surface area contributed by atoms with Crippen LogP contribution in [0.3, 0.4) is 0 Å². The number of anilines is 1. The van der Waals surface area contributed by atoms with Crippen LogP contribution in [0.4, 0.5) is 5.69 Å². The first kappa shape index (κ1) is 27.5. The fourth-order valence-corrected chi connectivity index (χ4v) is 5.56. The second kappa shape index (κ2) is 11.8. The van der Waals surface area contributed by atoms with Gasteiger partial charge in [0.1, 0.15) is 12.6 Å². The number of hydrogen-bond acceptors (Lipinski definition) is 4. The third-order valence-electron chi connectivity index (χ3n) is 6.32. The summed E-state index contributed by atoms with van der Waals surface area (Å²) in [6, 6.07) is 11.7. The molecule has 1 saturated carbocycles. The minimum atomic E-state index is -3.81. The van der Waals surface area contributed by atoms with Crippen molar-refractivity contribution in [2.75, 3.05) is 17.1 Å². The van der Waals surface area contributed by atoms with Gasteiger partial charge in [0.05, 0.1) is 11.9 Å². The van der Waals surface area contributed by atoms with Crippen molar-refractivity contribution in [2.24, 2.45) is 0 Å². The number of rotatable bonds is 9. The number of amides is 2. The van der Waals surface area contributed by atoms with Gasteiger partial charge in [0, 0.05) is 22.1 Å². The molecule has 1 aliphatic carbocycles. The second-order valence-corrected chi connectivity index (χ2v) is 12.2. The summed E-state index contributed by atoms with van der Waals surface area (Å²) in [5, 5.41) is 3.45. The van der Waals surface area contributed by atoms with E-state index in [-0.39, 0.29) is 18.5 Å². The van der Waals surface area contributed by atoms with Crippen LogP contribution in [0, 0.1) is 6.92 Å². The molecule has 0 heterocycles. The van der Waals surface area contributed by atoms with E-state index in [1.165, 1.54) is 4.90 Å². The van der Waals surface area contributed by atoms with Gasteiger partial charge in [-0.05, 0) is 62.1 Å². The van der Waals surface area contributed by atoms with Gasteiger partial charge in [-0.3, -0.25) is 13.9 Å². The molecule has 1 atom stereocenters. The van der Waals surface area contributed by atoms with Crippen LogP contribution in [0.5, 0.6) is 0 Å². The molecule has 1 aliphatic rings. The molecule has 0 aromatic heterocycles. The topological polar surface area (TPSA) is 86.8 Å². The third kappa shape index (κ3) is 7.21. The van der Waals surface area contributed by atoms with Gasteiger partial charge in [0.25, 0.3) is 0 Å². The Hall–Kier alpha value is -2.10. The molecule has 0 saturated heterocycles. The standard InChI is InChI=1S/C25H31BrClN3O4S/c1-17-22(27)9-6-10-23(17)30(35(3,33)34)16-24(31)29(15-19-11-13-20(26)14-12-19)18(2)25(32)28-21-7-4-5-8-21/h6,9-14,18,21H,4-5,7-8,15-16H2,1-3H3,(H,28,32)/t18-/m1/s1. The van der Waals surface area contributed by atoms with Gasteiger partial charge in [0.2, 0.25) is 21.8 Å². The predicted octanol–water partition coefficient (Wildman–Crippen LogP) is 4.65. The molecule has 3 rings (SSSR count). The Balaban J connectivity index is 1.90. The molecule has 0 unspecified atom stereocenters. The average molecular weight is 585 g/mol. The van der Waals surface area contributed by atoms with Gasteiger partial charge < -0.3 is 10.2 Å². The van der Waals surface area contributed by atoms with Crippen molar-refractivity contribution < 1.29 is 18.0 Å². The summed E-state index contributed by atoms with van der Waals surface area (Å²) in [6.45, 7) is 3.10. The fourth-order valence-electron chi connectivity index (χ4n) is 4.22. The Kier molecular flexibility index (Phi) is 9.23. The van der Waals surface area contributed by atoms with Crippen molar-refractivity contribution in [3.8, 4) is 0 Å². The normalized spacial score (nSPS) is 15.0. The molecule has 7 nitrogen and oxygen atoms in total. The molecule has 190 valence electrons. The van der Waals surface area contributed by atoms with Gasteiger partial charge in [0.15, 0.2) is 0 Å². The maximum Gasteiger partial charge on any atom is 0.244 e. The predicted molar refractivity (Wildman–Crippen MR) is 143 cm³/mol. The minimum Gasteiger partial charge on any atom is -0.352 e. The van der Waals surface area contributed by atoms with Crippen LogP contribution < -0.4 is 9.62 Å². The Morgan fingerprint density at radius 3 is 2.37 bits per heavy atom. The number of hydrogen-bond donors (Lipinski definition) is 1. The van der Waals surface area contributed by atoms with E-state index in [2.05, 4.69) is 21.2 Å². The highest BCUT2D eigenvalue weighted by atomic mass is 79.9.